The van der Waals surface area contributed by atoms with E-state index in [2.05, 4.69) is 39.8 Å². The minimum absolute atomic E-state index is 0. The zero-order chi connectivity index (χ0) is 11.5. The van der Waals surface area contributed by atoms with E-state index in [0.717, 1.165) is 5.92 Å². The fraction of sp³-hybridized carbons (Fsp3) is 0.714. The topological polar surface area (TPSA) is 0 Å². The third kappa shape index (κ3) is 4.85. The summed E-state index contributed by atoms with van der Waals surface area (Å²) in [4.78, 5) is 0. The Morgan fingerprint density at radius 1 is 1.24 bits per heavy atom. The summed E-state index contributed by atoms with van der Waals surface area (Å²) in [6.07, 6.45) is 9.89. The first-order chi connectivity index (χ1) is 7.05. The van der Waals surface area contributed by atoms with Gasteiger partial charge in [-0.3, -0.25) is 0 Å². The van der Waals surface area contributed by atoms with E-state index in [9.17, 15) is 0 Å². The van der Waals surface area contributed by atoms with E-state index >= 15 is 0 Å². The zero-order valence-electron chi connectivity index (χ0n) is 11.3. The standard InChI is InChI=1S/C14H23.2ClH.Zr/c1-5-14(6-2,11-12(3)4)13-9-7-8-10-13;;;/h7,9,12H,5-6,8,11H2,1-4H3;2*1H;/q;;;+2/p-2. The number of hydrogen-bond donors (Lipinski definition) is 0. The predicted molar refractivity (Wildman–Crippen MR) is 63.3 cm³/mol. The van der Waals surface area contributed by atoms with Crippen LogP contribution in [0.15, 0.2) is 21.0 Å². The summed E-state index contributed by atoms with van der Waals surface area (Å²) < 4.78 is 1.69. The van der Waals surface area contributed by atoms with Crippen molar-refractivity contribution in [1.29, 1.82) is 0 Å². The molecule has 0 aromatic rings. The molecule has 1 aliphatic carbocycles. The van der Waals surface area contributed by atoms with Gasteiger partial charge in [-0.05, 0) is 0 Å². The first-order valence-corrected chi connectivity index (χ1v) is 7.40. The molecule has 0 aromatic heterocycles. The van der Waals surface area contributed by atoms with E-state index in [4.69, 9.17) is 0 Å². The van der Waals surface area contributed by atoms with Gasteiger partial charge < -0.3 is 24.8 Å². The van der Waals surface area contributed by atoms with Crippen molar-refractivity contribution in [2.75, 3.05) is 0 Å². The van der Waals surface area contributed by atoms with Crippen molar-refractivity contribution < 1.29 is 49.5 Å². The third-order valence-electron chi connectivity index (χ3n) is 3.66. The molecule has 0 radical (unpaired) electrons. The van der Waals surface area contributed by atoms with Gasteiger partial charge in [0.15, 0.2) is 0 Å². The Labute approximate surface area is 134 Å². The van der Waals surface area contributed by atoms with Crippen LogP contribution >= 0.6 is 0 Å². The Bertz CT molecular complexity index is 276. The Morgan fingerprint density at radius 2 is 1.76 bits per heavy atom. The molecule has 0 aromatic carbocycles. The zero-order valence-corrected chi connectivity index (χ0v) is 15.3. The Kier molecular flexibility index (Phi) is 10.7. The minimum atomic E-state index is 0. The van der Waals surface area contributed by atoms with Crippen LogP contribution in [-0.4, -0.2) is 0 Å². The molecule has 0 heterocycles. The van der Waals surface area contributed by atoms with Gasteiger partial charge in [0.05, 0.1) is 0 Å². The van der Waals surface area contributed by atoms with Crippen LogP contribution in [0.5, 0.6) is 0 Å². The number of rotatable bonds is 5. The molecule has 0 atom stereocenters. The van der Waals surface area contributed by atoms with Gasteiger partial charge in [0, 0.05) is 0 Å². The molecule has 0 unspecified atom stereocenters. The van der Waals surface area contributed by atoms with Crippen LogP contribution in [0.2, 0.25) is 0 Å². The molecule has 1 aliphatic rings. The monoisotopic (exact) mass is 351 g/mol. The molecule has 17 heavy (non-hydrogen) atoms. The number of hydrogen-bond acceptors (Lipinski definition) is 0. The second-order valence-electron chi connectivity index (χ2n) is 5.08. The molecular weight excluding hydrogens is 330 g/mol. The van der Waals surface area contributed by atoms with Crippen molar-refractivity contribution in [2.24, 2.45) is 11.3 Å². The van der Waals surface area contributed by atoms with Crippen molar-refractivity contribution in [3.05, 3.63) is 21.0 Å². The van der Waals surface area contributed by atoms with E-state index in [1.807, 2.05) is 0 Å². The number of allylic oxidation sites excluding steroid dienone is 4. The van der Waals surface area contributed by atoms with Gasteiger partial charge in [0.1, 0.15) is 0 Å². The maximum absolute atomic E-state index is 2.40. The van der Waals surface area contributed by atoms with Crippen molar-refractivity contribution in [3.63, 3.8) is 0 Å². The maximum Gasteiger partial charge on any atom is -1.00 e. The van der Waals surface area contributed by atoms with E-state index < -0.39 is 0 Å². The van der Waals surface area contributed by atoms with Gasteiger partial charge in [-0.1, -0.05) is 0 Å². The van der Waals surface area contributed by atoms with Gasteiger partial charge >= 0.3 is 110 Å². The fourth-order valence-corrected chi connectivity index (χ4v) is 3.96. The molecule has 97 valence electrons. The van der Waals surface area contributed by atoms with Crippen LogP contribution in [0.4, 0.5) is 0 Å². The molecule has 0 nitrogen and oxygen atoms in total. The molecule has 1 rings (SSSR count). The summed E-state index contributed by atoms with van der Waals surface area (Å²) in [5.74, 6) is 0.801. The molecule has 0 spiro atoms. The van der Waals surface area contributed by atoms with Gasteiger partial charge in [0.25, 0.3) is 0 Å². The van der Waals surface area contributed by atoms with Crippen LogP contribution in [0.25, 0.3) is 0 Å². The molecule has 0 fully saturated rings. The van der Waals surface area contributed by atoms with E-state index in [-0.39, 0.29) is 24.8 Å². The molecule has 0 aliphatic heterocycles. The van der Waals surface area contributed by atoms with Gasteiger partial charge in [-0.2, -0.15) is 0 Å². The average molecular weight is 353 g/mol. The molecule has 0 saturated heterocycles. The van der Waals surface area contributed by atoms with Gasteiger partial charge in [0.2, 0.25) is 0 Å². The Hall–Kier alpha value is 0.943. The SMILES string of the molecule is CCC(CC)(CC(C)C)C1=[C]([Zr+2])CC=C1.[Cl-].[Cl-]. The van der Waals surface area contributed by atoms with Crippen molar-refractivity contribution >= 4 is 0 Å². The quantitative estimate of drug-likeness (QED) is 0.571. The number of halogens is 2. The van der Waals surface area contributed by atoms with Crippen LogP contribution < -0.4 is 24.8 Å². The molecule has 0 N–H and O–H groups in total. The van der Waals surface area contributed by atoms with Gasteiger partial charge in [-0.15, -0.1) is 0 Å². The van der Waals surface area contributed by atoms with E-state index in [0.29, 0.717) is 5.41 Å². The fourth-order valence-electron chi connectivity index (χ4n) is 2.81. The summed E-state index contributed by atoms with van der Waals surface area (Å²) in [6.45, 7) is 9.41. The first-order valence-electron chi connectivity index (χ1n) is 6.17. The molecule has 0 amide bonds. The summed E-state index contributed by atoms with van der Waals surface area (Å²) >= 11 is 1.62. The largest absolute Gasteiger partial charge is 1.00 e. The summed E-state index contributed by atoms with van der Waals surface area (Å²) in [5, 5.41) is 0. The Balaban J connectivity index is 0. The van der Waals surface area contributed by atoms with Crippen LogP contribution in [0.1, 0.15) is 53.4 Å². The maximum atomic E-state index is 2.40. The van der Waals surface area contributed by atoms with Gasteiger partial charge in [-0.25, -0.2) is 0 Å². The van der Waals surface area contributed by atoms with Crippen LogP contribution in [0.3, 0.4) is 0 Å². The normalized spacial score (nSPS) is 15.0. The summed E-state index contributed by atoms with van der Waals surface area (Å²) in [5.41, 5.74) is 2.15. The predicted octanol–water partition coefficient (Wildman–Crippen LogP) is -1.39. The van der Waals surface area contributed by atoms with Crippen molar-refractivity contribution in [3.8, 4) is 0 Å². The molecule has 0 bridgehead atoms. The van der Waals surface area contributed by atoms with Crippen LogP contribution in [-0.2, 0) is 24.7 Å². The van der Waals surface area contributed by atoms with Crippen molar-refractivity contribution in [1.82, 2.24) is 0 Å². The van der Waals surface area contributed by atoms with E-state index in [1.54, 1.807) is 33.6 Å². The Morgan fingerprint density at radius 3 is 2.06 bits per heavy atom. The second kappa shape index (κ2) is 8.94. The van der Waals surface area contributed by atoms with E-state index in [1.165, 1.54) is 25.7 Å². The smallest absolute Gasteiger partial charge is 1.00 e. The molecular formula is C14H23Cl2Zr. The van der Waals surface area contributed by atoms with Crippen LogP contribution in [0, 0.1) is 11.3 Å². The summed E-state index contributed by atoms with van der Waals surface area (Å²) in [7, 11) is 0. The third-order valence-corrected chi connectivity index (χ3v) is 4.82. The summed E-state index contributed by atoms with van der Waals surface area (Å²) in [6, 6.07) is 0. The minimum Gasteiger partial charge on any atom is -1.00 e. The molecule has 0 saturated carbocycles. The first kappa shape index (κ1) is 20.3. The average Bonchev–Trinajstić information content (AvgIpc) is 2.61. The second-order valence-corrected chi connectivity index (χ2v) is 6.57. The van der Waals surface area contributed by atoms with Crippen molar-refractivity contribution in [2.45, 2.75) is 53.4 Å². The molecule has 3 heteroatoms.